The van der Waals surface area contributed by atoms with E-state index in [4.69, 9.17) is 29.6 Å². The summed E-state index contributed by atoms with van der Waals surface area (Å²) in [5.41, 5.74) is 6.29. The molecule has 5 N–H and O–H groups in total. The molecule has 108 valence electrons. The zero-order valence-electron chi connectivity index (χ0n) is 10.6. The molecular weight excluding hydrogens is 312 g/mol. The highest BCUT2D eigenvalue weighted by Crippen LogP contribution is 2.26. The zero-order valence-corrected chi connectivity index (χ0v) is 12.2. The van der Waals surface area contributed by atoms with Crippen molar-refractivity contribution >= 4 is 40.4 Å². The van der Waals surface area contributed by atoms with E-state index in [-0.39, 0.29) is 22.1 Å². The molecule has 0 spiro atoms. The Bertz CT molecular complexity index is 734. The zero-order chi connectivity index (χ0) is 15.6. The fourth-order valence-electron chi connectivity index (χ4n) is 1.67. The van der Waals surface area contributed by atoms with E-state index in [0.29, 0.717) is 16.3 Å². The van der Waals surface area contributed by atoms with Crippen LogP contribution in [0.1, 0.15) is 15.9 Å². The van der Waals surface area contributed by atoms with Gasteiger partial charge < -0.3 is 21.3 Å². The number of thiocarbonyl (C=S) groups is 1. The molecule has 5 nitrogen and oxygen atoms in total. The molecule has 0 aliphatic rings. The molecule has 2 aromatic carbocycles. The van der Waals surface area contributed by atoms with Crippen LogP contribution < -0.4 is 11.1 Å². The number of hydrogen-bond donors (Lipinski definition) is 4. The highest BCUT2D eigenvalue weighted by Gasteiger charge is 2.14. The summed E-state index contributed by atoms with van der Waals surface area (Å²) in [7, 11) is 0. The summed E-state index contributed by atoms with van der Waals surface area (Å²) in [5.74, 6) is -1.02. The maximum absolute atomic E-state index is 12.1. The second-order valence-corrected chi connectivity index (χ2v) is 5.06. The average Bonchev–Trinajstić information content (AvgIpc) is 2.43. The fourth-order valence-corrected chi connectivity index (χ4v) is 1.96. The summed E-state index contributed by atoms with van der Waals surface area (Å²) in [6.07, 6.45) is 0. The van der Waals surface area contributed by atoms with Gasteiger partial charge in [-0.15, -0.1) is 0 Å². The number of benzene rings is 2. The Hall–Kier alpha value is -2.31. The van der Waals surface area contributed by atoms with Crippen molar-refractivity contribution in [2.75, 3.05) is 5.32 Å². The van der Waals surface area contributed by atoms with E-state index < -0.39 is 5.91 Å². The Labute approximate surface area is 131 Å². The first-order valence-corrected chi connectivity index (χ1v) is 6.60. The lowest BCUT2D eigenvalue weighted by molar-refractivity contribution is 0.102. The summed E-state index contributed by atoms with van der Waals surface area (Å²) in [4.78, 5) is 12.3. The van der Waals surface area contributed by atoms with E-state index in [1.165, 1.54) is 18.2 Å². The lowest BCUT2D eigenvalue weighted by atomic mass is 10.1. The molecule has 0 aromatic heterocycles. The van der Waals surface area contributed by atoms with E-state index in [0.717, 1.165) is 6.07 Å². The van der Waals surface area contributed by atoms with E-state index in [1.807, 2.05) is 0 Å². The Balaban J connectivity index is 2.33. The molecule has 0 aliphatic heterocycles. The molecule has 0 bridgehead atoms. The van der Waals surface area contributed by atoms with Crippen LogP contribution in [0.2, 0.25) is 5.02 Å². The molecule has 0 atom stereocenters. The summed E-state index contributed by atoms with van der Waals surface area (Å²) >= 11 is 10.9. The van der Waals surface area contributed by atoms with Gasteiger partial charge in [-0.3, -0.25) is 4.79 Å². The number of carbonyl (C=O) groups excluding carboxylic acids is 1. The second kappa shape index (κ2) is 5.99. The van der Waals surface area contributed by atoms with Crippen LogP contribution in [0.5, 0.6) is 11.5 Å². The van der Waals surface area contributed by atoms with Gasteiger partial charge in [-0.1, -0.05) is 29.9 Å². The molecule has 0 fully saturated rings. The van der Waals surface area contributed by atoms with Crippen LogP contribution in [0.25, 0.3) is 0 Å². The third-order valence-electron chi connectivity index (χ3n) is 2.72. The molecule has 0 saturated carbocycles. The van der Waals surface area contributed by atoms with Gasteiger partial charge in [-0.2, -0.15) is 0 Å². The van der Waals surface area contributed by atoms with E-state index in [9.17, 15) is 15.0 Å². The van der Waals surface area contributed by atoms with Crippen LogP contribution in [-0.4, -0.2) is 21.1 Å². The predicted molar refractivity (Wildman–Crippen MR) is 85.1 cm³/mol. The van der Waals surface area contributed by atoms with Crippen molar-refractivity contribution in [3.8, 4) is 11.5 Å². The summed E-state index contributed by atoms with van der Waals surface area (Å²) < 4.78 is 0. The minimum Gasteiger partial charge on any atom is -0.508 e. The predicted octanol–water partition coefficient (Wildman–Crippen LogP) is 2.64. The topological polar surface area (TPSA) is 95.6 Å². The molecule has 7 heteroatoms. The van der Waals surface area contributed by atoms with Crippen LogP contribution in [0.15, 0.2) is 36.4 Å². The molecular formula is C14H11ClN2O3S. The number of carbonyl (C=O) groups is 1. The first kappa shape index (κ1) is 15.1. The third-order valence-corrected chi connectivity index (χ3v) is 3.29. The number of aromatic hydroxyl groups is 2. The normalized spacial score (nSPS) is 10.1. The molecule has 2 rings (SSSR count). The van der Waals surface area contributed by atoms with Crippen molar-refractivity contribution in [3.63, 3.8) is 0 Å². The maximum atomic E-state index is 12.1. The smallest absolute Gasteiger partial charge is 0.259 e. The Morgan fingerprint density at radius 2 is 1.90 bits per heavy atom. The van der Waals surface area contributed by atoms with Crippen LogP contribution >= 0.6 is 23.8 Å². The molecule has 0 radical (unpaired) electrons. The third kappa shape index (κ3) is 3.42. The standard InChI is InChI=1S/C14H11ClN2O3S/c15-10-3-1-7(13(16)21)5-11(10)17-14(20)9-6-8(18)2-4-12(9)19/h1-6,18-19H,(H2,16,21)(H,17,20). The quantitative estimate of drug-likeness (QED) is 0.514. The van der Waals surface area contributed by atoms with E-state index in [1.54, 1.807) is 12.1 Å². The largest absolute Gasteiger partial charge is 0.508 e. The van der Waals surface area contributed by atoms with Crippen molar-refractivity contribution in [2.24, 2.45) is 5.73 Å². The minimum absolute atomic E-state index is 0.0770. The molecule has 21 heavy (non-hydrogen) atoms. The van der Waals surface area contributed by atoms with Crippen molar-refractivity contribution in [1.82, 2.24) is 0 Å². The van der Waals surface area contributed by atoms with Gasteiger partial charge >= 0.3 is 0 Å². The number of nitrogens with one attached hydrogen (secondary N) is 1. The van der Waals surface area contributed by atoms with Gasteiger partial charge in [0.2, 0.25) is 0 Å². The lowest BCUT2D eigenvalue weighted by Crippen LogP contribution is -2.14. The van der Waals surface area contributed by atoms with Crippen molar-refractivity contribution in [2.45, 2.75) is 0 Å². The Morgan fingerprint density at radius 1 is 1.19 bits per heavy atom. The molecule has 0 heterocycles. The van der Waals surface area contributed by atoms with Gasteiger partial charge in [0.15, 0.2) is 0 Å². The van der Waals surface area contributed by atoms with E-state index >= 15 is 0 Å². The molecule has 0 aliphatic carbocycles. The SMILES string of the molecule is NC(=S)c1ccc(Cl)c(NC(=O)c2cc(O)ccc2O)c1. The van der Waals surface area contributed by atoms with Gasteiger partial charge in [0, 0.05) is 5.56 Å². The highest BCUT2D eigenvalue weighted by molar-refractivity contribution is 7.80. The van der Waals surface area contributed by atoms with Crippen LogP contribution in [0.3, 0.4) is 0 Å². The van der Waals surface area contributed by atoms with Gasteiger partial charge in [-0.25, -0.2) is 0 Å². The average molecular weight is 323 g/mol. The number of phenolic OH excluding ortho intramolecular Hbond substituents is 2. The van der Waals surface area contributed by atoms with Crippen molar-refractivity contribution in [3.05, 3.63) is 52.5 Å². The van der Waals surface area contributed by atoms with Gasteiger partial charge in [0.05, 0.1) is 16.3 Å². The monoisotopic (exact) mass is 322 g/mol. The summed E-state index contributed by atoms with van der Waals surface area (Å²) in [5, 5.41) is 21.9. The minimum atomic E-state index is -0.620. The number of anilines is 1. The number of nitrogens with two attached hydrogens (primary N) is 1. The second-order valence-electron chi connectivity index (χ2n) is 4.21. The summed E-state index contributed by atoms with van der Waals surface area (Å²) in [6, 6.07) is 8.35. The van der Waals surface area contributed by atoms with Crippen LogP contribution in [-0.2, 0) is 0 Å². The molecule has 1 amide bonds. The lowest BCUT2D eigenvalue weighted by Gasteiger charge is -2.10. The molecule has 0 unspecified atom stereocenters. The number of phenols is 2. The number of halogens is 1. The van der Waals surface area contributed by atoms with Crippen molar-refractivity contribution in [1.29, 1.82) is 0 Å². The highest BCUT2D eigenvalue weighted by atomic mass is 35.5. The van der Waals surface area contributed by atoms with E-state index in [2.05, 4.69) is 5.32 Å². The molecule has 0 saturated heterocycles. The fraction of sp³-hybridized carbons (Fsp3) is 0. The van der Waals surface area contributed by atoms with Crippen molar-refractivity contribution < 1.29 is 15.0 Å². The number of rotatable bonds is 3. The van der Waals surface area contributed by atoms with Gasteiger partial charge in [0.1, 0.15) is 16.5 Å². The van der Waals surface area contributed by atoms with Crippen LogP contribution in [0.4, 0.5) is 5.69 Å². The number of hydrogen-bond acceptors (Lipinski definition) is 4. The number of amides is 1. The Kier molecular flexibility index (Phi) is 4.30. The first-order valence-electron chi connectivity index (χ1n) is 5.81. The molecule has 2 aromatic rings. The van der Waals surface area contributed by atoms with Gasteiger partial charge in [-0.05, 0) is 30.3 Å². The summed E-state index contributed by atoms with van der Waals surface area (Å²) in [6.45, 7) is 0. The van der Waals surface area contributed by atoms with Crippen LogP contribution in [0, 0.1) is 0 Å². The Morgan fingerprint density at radius 3 is 2.57 bits per heavy atom. The first-order chi connectivity index (χ1) is 9.88. The maximum Gasteiger partial charge on any atom is 0.259 e. The van der Waals surface area contributed by atoms with Gasteiger partial charge in [0.25, 0.3) is 5.91 Å².